The summed E-state index contributed by atoms with van der Waals surface area (Å²) in [6, 6.07) is 22.9. The van der Waals surface area contributed by atoms with Gasteiger partial charge in [0.1, 0.15) is 5.52 Å². The molecule has 0 unspecified atom stereocenters. The van der Waals surface area contributed by atoms with Crippen LogP contribution in [-0.2, 0) is 12.8 Å². The van der Waals surface area contributed by atoms with Crippen LogP contribution in [0.1, 0.15) is 34.3 Å². The number of carbonyl (C=O) groups is 1. The molecule has 150 valence electrons. The minimum Gasteiger partial charge on any atom is -0.440 e. The zero-order valence-corrected chi connectivity index (χ0v) is 17.3. The van der Waals surface area contributed by atoms with Crippen LogP contribution in [0.25, 0.3) is 11.1 Å². The van der Waals surface area contributed by atoms with E-state index in [0.717, 1.165) is 28.8 Å². The number of thiocarbonyl (C=S) groups is 1. The summed E-state index contributed by atoms with van der Waals surface area (Å²) in [6.07, 6.45) is 1.58. The molecule has 1 aromatic heterocycles. The van der Waals surface area contributed by atoms with Crippen LogP contribution in [0.15, 0.2) is 77.2 Å². The molecule has 0 aliphatic heterocycles. The number of fused-ring (bicyclic) bond motifs is 1. The van der Waals surface area contributed by atoms with Crippen LogP contribution >= 0.6 is 12.2 Å². The molecule has 2 N–H and O–H groups in total. The maximum atomic E-state index is 12.2. The van der Waals surface area contributed by atoms with Gasteiger partial charge in [-0.15, -0.1) is 0 Å². The Kier molecular flexibility index (Phi) is 5.86. The summed E-state index contributed by atoms with van der Waals surface area (Å²) in [5.41, 5.74) is 5.36. The highest BCUT2D eigenvalue weighted by atomic mass is 32.1. The number of aromatic nitrogens is 1. The Bertz CT molecular complexity index is 1180. The molecule has 0 bridgehead atoms. The SMILES string of the molecule is CCc1ccc2oc(Cc3ccc(NC(=S)NC(=O)c4ccccc4)cc3)nc2c1. The van der Waals surface area contributed by atoms with Crippen LogP contribution in [0, 0.1) is 0 Å². The Labute approximate surface area is 180 Å². The molecule has 0 fully saturated rings. The normalized spacial score (nSPS) is 10.7. The lowest BCUT2D eigenvalue weighted by Crippen LogP contribution is -2.34. The van der Waals surface area contributed by atoms with Crippen molar-refractivity contribution in [3.05, 3.63) is 95.4 Å². The first kappa shape index (κ1) is 19.8. The van der Waals surface area contributed by atoms with E-state index < -0.39 is 0 Å². The molecule has 0 spiro atoms. The van der Waals surface area contributed by atoms with Crippen LogP contribution in [0.5, 0.6) is 0 Å². The Morgan fingerprint density at radius 2 is 1.73 bits per heavy atom. The second-order valence-electron chi connectivity index (χ2n) is 6.91. The first-order valence-corrected chi connectivity index (χ1v) is 10.2. The number of hydrogen-bond donors (Lipinski definition) is 2. The number of nitrogens with zero attached hydrogens (tertiary/aromatic N) is 1. The van der Waals surface area contributed by atoms with Gasteiger partial charge in [0.05, 0.1) is 0 Å². The van der Waals surface area contributed by atoms with Crippen molar-refractivity contribution in [3.63, 3.8) is 0 Å². The van der Waals surface area contributed by atoms with E-state index in [4.69, 9.17) is 16.6 Å². The first-order valence-electron chi connectivity index (χ1n) is 9.75. The number of amides is 1. The highest BCUT2D eigenvalue weighted by molar-refractivity contribution is 7.80. The van der Waals surface area contributed by atoms with Gasteiger partial charge < -0.3 is 9.73 Å². The van der Waals surface area contributed by atoms with Crippen molar-refractivity contribution in [2.24, 2.45) is 0 Å². The van der Waals surface area contributed by atoms with Crippen molar-refractivity contribution in [1.29, 1.82) is 0 Å². The molecule has 30 heavy (non-hydrogen) atoms. The van der Waals surface area contributed by atoms with Crippen molar-refractivity contribution in [2.75, 3.05) is 5.32 Å². The third kappa shape index (κ3) is 4.72. The van der Waals surface area contributed by atoms with Gasteiger partial charge in [-0.25, -0.2) is 4.98 Å². The molecule has 0 aliphatic carbocycles. The van der Waals surface area contributed by atoms with Gasteiger partial charge in [-0.1, -0.05) is 43.3 Å². The van der Waals surface area contributed by atoms with Gasteiger partial charge in [-0.3, -0.25) is 10.1 Å². The van der Waals surface area contributed by atoms with Crippen molar-refractivity contribution < 1.29 is 9.21 Å². The Morgan fingerprint density at radius 1 is 1.00 bits per heavy atom. The van der Waals surface area contributed by atoms with Crippen LogP contribution in [0.3, 0.4) is 0 Å². The molecule has 0 aliphatic rings. The lowest BCUT2D eigenvalue weighted by Gasteiger charge is -2.10. The van der Waals surface area contributed by atoms with Gasteiger partial charge in [0.2, 0.25) is 0 Å². The van der Waals surface area contributed by atoms with Crippen molar-refractivity contribution in [1.82, 2.24) is 10.3 Å². The highest BCUT2D eigenvalue weighted by Crippen LogP contribution is 2.20. The van der Waals surface area contributed by atoms with Gasteiger partial charge in [0.25, 0.3) is 5.91 Å². The van der Waals surface area contributed by atoms with Gasteiger partial charge in [0.15, 0.2) is 16.6 Å². The molecule has 0 radical (unpaired) electrons. The molecule has 4 aromatic rings. The molecule has 0 saturated carbocycles. The minimum absolute atomic E-state index is 0.244. The zero-order chi connectivity index (χ0) is 20.9. The molecule has 0 atom stereocenters. The number of carbonyl (C=O) groups excluding carboxylic acids is 1. The summed E-state index contributed by atoms with van der Waals surface area (Å²) >= 11 is 5.24. The number of anilines is 1. The van der Waals surface area contributed by atoms with Crippen molar-refractivity contribution in [3.8, 4) is 0 Å². The molecule has 0 saturated heterocycles. The van der Waals surface area contributed by atoms with E-state index in [1.165, 1.54) is 5.56 Å². The lowest BCUT2D eigenvalue weighted by molar-refractivity contribution is 0.0977. The molecule has 1 heterocycles. The number of oxazole rings is 1. The van der Waals surface area contributed by atoms with E-state index in [0.29, 0.717) is 17.9 Å². The maximum Gasteiger partial charge on any atom is 0.257 e. The Hall–Kier alpha value is -3.51. The van der Waals surface area contributed by atoms with Gasteiger partial charge >= 0.3 is 0 Å². The average molecular weight is 416 g/mol. The van der Waals surface area contributed by atoms with Crippen molar-refractivity contribution >= 4 is 40.0 Å². The largest absolute Gasteiger partial charge is 0.440 e. The molecule has 1 amide bonds. The summed E-state index contributed by atoms with van der Waals surface area (Å²) in [5.74, 6) is 0.441. The van der Waals surface area contributed by atoms with Crippen LogP contribution in [-0.4, -0.2) is 16.0 Å². The summed E-state index contributed by atoms with van der Waals surface area (Å²) in [5, 5.41) is 5.96. The molecular weight excluding hydrogens is 394 g/mol. The monoisotopic (exact) mass is 415 g/mol. The summed E-state index contributed by atoms with van der Waals surface area (Å²) in [4.78, 5) is 16.8. The fourth-order valence-electron chi connectivity index (χ4n) is 3.12. The van der Waals surface area contributed by atoms with Crippen LogP contribution in [0.4, 0.5) is 5.69 Å². The second-order valence-corrected chi connectivity index (χ2v) is 7.32. The molecular formula is C24H21N3O2S. The predicted molar refractivity (Wildman–Crippen MR) is 123 cm³/mol. The van der Waals surface area contributed by atoms with Gasteiger partial charge in [0, 0.05) is 17.7 Å². The highest BCUT2D eigenvalue weighted by Gasteiger charge is 2.09. The van der Waals surface area contributed by atoms with E-state index in [9.17, 15) is 4.79 Å². The van der Waals surface area contributed by atoms with Gasteiger partial charge in [-0.2, -0.15) is 0 Å². The predicted octanol–water partition coefficient (Wildman–Crippen LogP) is 5.11. The topological polar surface area (TPSA) is 67.2 Å². The number of benzene rings is 3. The summed E-state index contributed by atoms with van der Waals surface area (Å²) in [6.45, 7) is 2.12. The molecule has 6 heteroatoms. The van der Waals surface area contributed by atoms with E-state index in [2.05, 4.69) is 34.7 Å². The van der Waals surface area contributed by atoms with E-state index in [1.54, 1.807) is 12.1 Å². The Balaban J connectivity index is 1.37. The number of hydrogen-bond acceptors (Lipinski definition) is 4. The zero-order valence-electron chi connectivity index (χ0n) is 16.5. The first-order chi connectivity index (χ1) is 14.6. The van der Waals surface area contributed by atoms with Crippen LogP contribution < -0.4 is 10.6 Å². The second kappa shape index (κ2) is 8.88. The van der Waals surface area contributed by atoms with Crippen LogP contribution in [0.2, 0.25) is 0 Å². The van der Waals surface area contributed by atoms with E-state index in [1.807, 2.05) is 48.5 Å². The fourth-order valence-corrected chi connectivity index (χ4v) is 3.33. The number of nitrogens with one attached hydrogen (secondary N) is 2. The van der Waals surface area contributed by atoms with Crippen molar-refractivity contribution in [2.45, 2.75) is 19.8 Å². The van der Waals surface area contributed by atoms with E-state index in [-0.39, 0.29) is 11.0 Å². The fraction of sp³-hybridized carbons (Fsp3) is 0.125. The molecule has 4 rings (SSSR count). The smallest absolute Gasteiger partial charge is 0.257 e. The maximum absolute atomic E-state index is 12.2. The lowest BCUT2D eigenvalue weighted by atomic mass is 10.1. The third-order valence-corrected chi connectivity index (χ3v) is 4.94. The number of aryl methyl sites for hydroxylation is 1. The number of rotatable bonds is 5. The van der Waals surface area contributed by atoms with Gasteiger partial charge in [-0.05, 0) is 66.2 Å². The molecule has 3 aromatic carbocycles. The van der Waals surface area contributed by atoms with E-state index >= 15 is 0 Å². The average Bonchev–Trinajstić information content (AvgIpc) is 3.17. The summed E-state index contributed by atoms with van der Waals surface area (Å²) < 4.78 is 5.86. The Morgan fingerprint density at radius 3 is 2.47 bits per heavy atom. The minimum atomic E-state index is -0.244. The quantitative estimate of drug-likeness (QED) is 0.444. The molecule has 5 nitrogen and oxygen atoms in total. The third-order valence-electron chi connectivity index (χ3n) is 4.73. The summed E-state index contributed by atoms with van der Waals surface area (Å²) in [7, 11) is 0. The standard InChI is InChI=1S/C24H21N3O2S/c1-2-16-10-13-21-20(14-16)26-22(29-21)15-17-8-11-19(12-9-17)25-24(30)27-23(28)18-6-4-3-5-7-18/h3-14H,2,15H2,1H3,(H2,25,27,28,30).